The van der Waals surface area contributed by atoms with Gasteiger partial charge in [0.2, 0.25) is 0 Å². The van der Waals surface area contributed by atoms with Crippen LogP contribution in [0.1, 0.15) is 16.7 Å². The maximum Gasteiger partial charge on any atom is 0.156 e. The van der Waals surface area contributed by atoms with Crippen molar-refractivity contribution in [2.75, 3.05) is 11.9 Å². The summed E-state index contributed by atoms with van der Waals surface area (Å²) in [5.74, 6) is -0.171. The normalized spacial score (nSPS) is 10.5. The number of rotatable bonds is 5. The second-order valence-corrected chi connectivity index (χ2v) is 5.97. The number of halogens is 2. The van der Waals surface area contributed by atoms with Gasteiger partial charge in [-0.15, -0.1) is 0 Å². The summed E-state index contributed by atoms with van der Waals surface area (Å²) >= 11 is 3.44. The van der Waals surface area contributed by atoms with Crippen molar-refractivity contribution in [1.29, 1.82) is 0 Å². The van der Waals surface area contributed by atoms with E-state index in [-0.39, 0.29) is 18.1 Å². The van der Waals surface area contributed by atoms with Crippen LogP contribution in [0.25, 0.3) is 0 Å². The molecular formula is C17H17BrFNO. The standard InChI is InChI=1S/C17H17BrFNO/c1-11-7-13(3-5-16(11)18)9-15(21)10-20-17-6-4-14(19)8-12(17)2/h3-8,20H,9-10H2,1-2H3. The van der Waals surface area contributed by atoms with Crippen molar-refractivity contribution < 1.29 is 9.18 Å². The Labute approximate surface area is 132 Å². The van der Waals surface area contributed by atoms with Gasteiger partial charge in [0.15, 0.2) is 5.78 Å². The zero-order valence-corrected chi connectivity index (χ0v) is 13.6. The van der Waals surface area contributed by atoms with Gasteiger partial charge in [0, 0.05) is 16.6 Å². The summed E-state index contributed by atoms with van der Waals surface area (Å²) in [7, 11) is 0. The number of benzene rings is 2. The molecule has 0 aliphatic carbocycles. The molecule has 4 heteroatoms. The lowest BCUT2D eigenvalue weighted by atomic mass is 10.1. The van der Waals surface area contributed by atoms with E-state index >= 15 is 0 Å². The van der Waals surface area contributed by atoms with E-state index in [9.17, 15) is 9.18 Å². The van der Waals surface area contributed by atoms with Crippen LogP contribution in [-0.4, -0.2) is 12.3 Å². The van der Waals surface area contributed by atoms with E-state index in [1.807, 2.05) is 32.0 Å². The van der Waals surface area contributed by atoms with Crippen LogP contribution in [0.2, 0.25) is 0 Å². The lowest BCUT2D eigenvalue weighted by Crippen LogP contribution is -2.16. The zero-order valence-electron chi connectivity index (χ0n) is 12.0. The van der Waals surface area contributed by atoms with Crippen LogP contribution in [0.5, 0.6) is 0 Å². The van der Waals surface area contributed by atoms with Crippen molar-refractivity contribution in [3.05, 3.63) is 63.4 Å². The molecule has 21 heavy (non-hydrogen) atoms. The second kappa shape index (κ2) is 6.85. The highest BCUT2D eigenvalue weighted by Gasteiger charge is 2.06. The molecule has 0 unspecified atom stereocenters. The van der Waals surface area contributed by atoms with Crippen LogP contribution < -0.4 is 5.32 Å². The SMILES string of the molecule is Cc1cc(CC(=O)CNc2ccc(F)cc2C)ccc1Br. The van der Waals surface area contributed by atoms with E-state index in [4.69, 9.17) is 0 Å². The predicted octanol–water partition coefficient (Wildman–Crippen LogP) is 4.43. The maximum atomic E-state index is 13.0. The first-order valence-electron chi connectivity index (χ1n) is 6.72. The van der Waals surface area contributed by atoms with Crippen molar-refractivity contribution in [2.24, 2.45) is 0 Å². The monoisotopic (exact) mass is 349 g/mol. The van der Waals surface area contributed by atoms with Crippen molar-refractivity contribution in [3.8, 4) is 0 Å². The summed E-state index contributed by atoms with van der Waals surface area (Å²) in [5, 5.41) is 3.06. The topological polar surface area (TPSA) is 29.1 Å². The van der Waals surface area contributed by atoms with Crippen molar-refractivity contribution in [2.45, 2.75) is 20.3 Å². The van der Waals surface area contributed by atoms with Crippen molar-refractivity contribution >= 4 is 27.4 Å². The maximum absolute atomic E-state index is 13.0. The molecule has 0 bridgehead atoms. The molecule has 2 rings (SSSR count). The van der Waals surface area contributed by atoms with Gasteiger partial charge in [0.1, 0.15) is 5.82 Å². The van der Waals surface area contributed by atoms with Gasteiger partial charge < -0.3 is 5.32 Å². The Balaban J connectivity index is 1.94. The Morgan fingerprint density at radius 2 is 1.90 bits per heavy atom. The lowest BCUT2D eigenvalue weighted by Gasteiger charge is -2.09. The Kier molecular flexibility index (Phi) is 5.12. The second-order valence-electron chi connectivity index (χ2n) is 5.11. The fourth-order valence-electron chi connectivity index (χ4n) is 2.13. The summed E-state index contributed by atoms with van der Waals surface area (Å²) in [5.41, 5.74) is 3.69. The van der Waals surface area contributed by atoms with Crippen molar-refractivity contribution in [3.63, 3.8) is 0 Å². The summed E-state index contributed by atoms with van der Waals surface area (Å²) in [4.78, 5) is 12.0. The van der Waals surface area contributed by atoms with Crippen molar-refractivity contribution in [1.82, 2.24) is 0 Å². The van der Waals surface area contributed by atoms with Gasteiger partial charge in [-0.25, -0.2) is 4.39 Å². The smallest absolute Gasteiger partial charge is 0.156 e. The van der Waals surface area contributed by atoms with Gasteiger partial charge in [-0.1, -0.05) is 28.1 Å². The van der Waals surface area contributed by atoms with E-state index in [0.717, 1.165) is 26.9 Å². The molecule has 2 aromatic rings. The number of aryl methyl sites for hydroxylation is 2. The minimum absolute atomic E-state index is 0.0976. The predicted molar refractivity (Wildman–Crippen MR) is 87.2 cm³/mol. The lowest BCUT2D eigenvalue weighted by molar-refractivity contribution is -0.116. The van der Waals surface area contributed by atoms with Gasteiger partial charge in [-0.2, -0.15) is 0 Å². The quantitative estimate of drug-likeness (QED) is 0.864. The molecule has 0 saturated carbocycles. The number of hydrogen-bond donors (Lipinski definition) is 1. The molecule has 0 fully saturated rings. The van der Waals surface area contributed by atoms with E-state index in [0.29, 0.717) is 6.42 Å². The number of carbonyl (C=O) groups excluding carboxylic acids is 1. The van der Waals surface area contributed by atoms with Crippen LogP contribution in [0.3, 0.4) is 0 Å². The molecule has 2 aromatic carbocycles. The van der Waals surface area contributed by atoms with Crippen LogP contribution in [0, 0.1) is 19.7 Å². The van der Waals surface area contributed by atoms with Gasteiger partial charge >= 0.3 is 0 Å². The molecule has 0 heterocycles. The molecule has 0 aliphatic rings. The first kappa shape index (κ1) is 15.7. The molecule has 2 nitrogen and oxygen atoms in total. The van der Waals surface area contributed by atoms with Crippen LogP contribution in [0.4, 0.5) is 10.1 Å². The number of carbonyl (C=O) groups is 1. The number of anilines is 1. The van der Waals surface area contributed by atoms with Gasteiger partial charge in [0.05, 0.1) is 6.54 Å². The van der Waals surface area contributed by atoms with Crippen LogP contribution in [0.15, 0.2) is 40.9 Å². The first-order valence-corrected chi connectivity index (χ1v) is 7.52. The van der Waals surface area contributed by atoms with E-state index in [1.54, 1.807) is 6.07 Å². The highest BCUT2D eigenvalue weighted by atomic mass is 79.9. The van der Waals surface area contributed by atoms with Gasteiger partial charge in [-0.05, 0) is 54.8 Å². The molecule has 0 saturated heterocycles. The van der Waals surface area contributed by atoms with E-state index in [1.165, 1.54) is 12.1 Å². The van der Waals surface area contributed by atoms with E-state index in [2.05, 4.69) is 21.2 Å². The Morgan fingerprint density at radius 3 is 2.57 bits per heavy atom. The van der Waals surface area contributed by atoms with Gasteiger partial charge in [-0.3, -0.25) is 4.79 Å². The molecule has 0 spiro atoms. The summed E-state index contributed by atoms with van der Waals surface area (Å²) in [6.07, 6.45) is 0.390. The van der Waals surface area contributed by atoms with Crippen LogP contribution >= 0.6 is 15.9 Å². The number of hydrogen-bond acceptors (Lipinski definition) is 2. The third-order valence-electron chi connectivity index (χ3n) is 3.29. The molecule has 110 valence electrons. The molecule has 0 amide bonds. The highest BCUT2D eigenvalue weighted by molar-refractivity contribution is 9.10. The fourth-order valence-corrected chi connectivity index (χ4v) is 2.37. The van der Waals surface area contributed by atoms with Gasteiger partial charge in [0.25, 0.3) is 0 Å². The molecule has 0 aliphatic heterocycles. The molecular weight excluding hydrogens is 333 g/mol. The van der Waals surface area contributed by atoms with E-state index < -0.39 is 0 Å². The third-order valence-corrected chi connectivity index (χ3v) is 4.18. The molecule has 0 radical (unpaired) electrons. The number of Topliss-reactive ketones (excluding diaryl/α,β-unsaturated/α-hetero) is 1. The van der Waals surface area contributed by atoms with Crippen LogP contribution in [-0.2, 0) is 11.2 Å². The first-order chi connectivity index (χ1) is 9.95. The Hall–Kier alpha value is -1.68. The minimum Gasteiger partial charge on any atom is -0.378 e. The summed E-state index contributed by atoms with van der Waals surface area (Å²) in [6.45, 7) is 4.05. The number of nitrogens with one attached hydrogen (secondary N) is 1. The highest BCUT2D eigenvalue weighted by Crippen LogP contribution is 2.18. The Bertz CT molecular complexity index is 670. The third kappa shape index (κ3) is 4.39. The summed E-state index contributed by atoms with van der Waals surface area (Å²) in [6, 6.07) is 10.4. The average molecular weight is 350 g/mol. The zero-order chi connectivity index (χ0) is 15.4. The fraction of sp³-hybridized carbons (Fsp3) is 0.235. The summed E-state index contributed by atoms with van der Waals surface area (Å²) < 4.78 is 14.0. The Morgan fingerprint density at radius 1 is 1.14 bits per heavy atom. The molecule has 0 atom stereocenters. The average Bonchev–Trinajstić information content (AvgIpc) is 2.42. The molecule has 0 aromatic heterocycles. The minimum atomic E-state index is -0.269. The largest absolute Gasteiger partial charge is 0.378 e. The molecule has 1 N–H and O–H groups in total. The number of ketones is 1.